The van der Waals surface area contributed by atoms with Crippen LogP contribution in [0.1, 0.15) is 41.2 Å². The number of aromatic nitrogens is 3. The Morgan fingerprint density at radius 3 is 2.67 bits per heavy atom. The number of pyridine rings is 1. The van der Waals surface area contributed by atoms with E-state index in [1.807, 2.05) is 0 Å². The first-order valence-corrected chi connectivity index (χ1v) is 8.81. The highest BCUT2D eigenvalue weighted by Gasteiger charge is 2.45. The number of alkyl halides is 2. The van der Waals surface area contributed by atoms with Crippen molar-refractivity contribution in [3.05, 3.63) is 68.8 Å². The molecule has 0 aliphatic rings. The zero-order valence-electron chi connectivity index (χ0n) is 16.2. The Morgan fingerprint density at radius 2 is 2.03 bits per heavy atom. The molecule has 0 radical (unpaired) electrons. The fraction of sp³-hybridized carbons (Fsp3) is 0.250. The van der Waals surface area contributed by atoms with E-state index in [9.17, 15) is 22.8 Å². The number of nitriles is 1. The van der Waals surface area contributed by atoms with Crippen LogP contribution in [0.2, 0.25) is 0 Å². The van der Waals surface area contributed by atoms with E-state index >= 15 is 0 Å². The monoisotopic (exact) mass is 415 g/mol. The zero-order chi connectivity index (χ0) is 22.2. The summed E-state index contributed by atoms with van der Waals surface area (Å²) >= 11 is 0. The highest BCUT2D eigenvalue weighted by atomic mass is 19.3. The summed E-state index contributed by atoms with van der Waals surface area (Å²) in [5.74, 6) is -6.58. The minimum atomic E-state index is -4.19. The normalized spacial score (nSPS) is 12.4. The number of rotatable bonds is 4. The maximum Gasteiger partial charge on any atom is 0.355 e. The lowest BCUT2D eigenvalue weighted by atomic mass is 9.99. The molecular formula is C20H16F3N5O2. The third kappa shape index (κ3) is 3.61. The molecule has 2 heterocycles. The summed E-state index contributed by atoms with van der Waals surface area (Å²) in [7, 11) is 0. The Morgan fingerprint density at radius 1 is 1.33 bits per heavy atom. The molecule has 1 aromatic carbocycles. The summed E-state index contributed by atoms with van der Waals surface area (Å²) in [4.78, 5) is 34.9. The number of nitrogens with zero attached hydrogens (tertiary/aromatic N) is 3. The standard InChI is InChI=1S/C20H16F3N5O2/c1-9-14-6-12(21)4-5-15(14)28-18(29)16(9)20(22,23)19(30)27-11(3)17-10(2)26-13(7-24)8-25-17/h4-6,8,11H,1-3H3,(H,27,30)(H,28,29)/t11-/m1/s1. The maximum absolute atomic E-state index is 15.0. The summed E-state index contributed by atoms with van der Waals surface area (Å²) in [6, 6.07) is 4.19. The molecule has 3 rings (SSSR count). The lowest BCUT2D eigenvalue weighted by Gasteiger charge is -2.21. The van der Waals surface area contributed by atoms with Crippen molar-refractivity contribution in [2.75, 3.05) is 0 Å². The third-order valence-corrected chi connectivity index (χ3v) is 4.69. The number of amides is 1. The van der Waals surface area contributed by atoms with Gasteiger partial charge in [0.25, 0.3) is 11.5 Å². The largest absolute Gasteiger partial charge is 0.355 e. The number of halogens is 3. The Kier molecular flexibility index (Phi) is 5.31. The molecule has 0 unspecified atom stereocenters. The zero-order valence-corrected chi connectivity index (χ0v) is 16.2. The Labute approximate surface area is 168 Å². The van der Waals surface area contributed by atoms with E-state index in [0.717, 1.165) is 18.3 Å². The average Bonchev–Trinajstić information content (AvgIpc) is 2.68. The third-order valence-electron chi connectivity index (χ3n) is 4.69. The molecule has 0 saturated heterocycles. The molecule has 0 aliphatic heterocycles. The smallest absolute Gasteiger partial charge is 0.342 e. The van der Waals surface area contributed by atoms with E-state index in [0.29, 0.717) is 5.69 Å². The number of nitrogens with one attached hydrogen (secondary N) is 2. The first-order valence-electron chi connectivity index (χ1n) is 8.81. The average molecular weight is 415 g/mol. The van der Waals surface area contributed by atoms with E-state index in [4.69, 9.17) is 5.26 Å². The van der Waals surface area contributed by atoms with Gasteiger partial charge in [0.1, 0.15) is 11.9 Å². The van der Waals surface area contributed by atoms with Crippen molar-refractivity contribution in [2.45, 2.75) is 32.7 Å². The summed E-state index contributed by atoms with van der Waals surface area (Å²) < 4.78 is 43.5. The maximum atomic E-state index is 15.0. The van der Waals surface area contributed by atoms with Crippen molar-refractivity contribution < 1.29 is 18.0 Å². The number of aryl methyl sites for hydroxylation is 2. The Balaban J connectivity index is 1.98. The summed E-state index contributed by atoms with van der Waals surface area (Å²) in [5, 5.41) is 11.0. The Hall–Kier alpha value is -3.74. The molecule has 2 N–H and O–H groups in total. The fourth-order valence-electron chi connectivity index (χ4n) is 3.24. The van der Waals surface area contributed by atoms with Gasteiger partial charge in [-0.05, 0) is 44.5 Å². The lowest BCUT2D eigenvalue weighted by Crippen LogP contribution is -2.43. The predicted octanol–water partition coefficient (Wildman–Crippen LogP) is 2.91. The van der Waals surface area contributed by atoms with E-state index < -0.39 is 34.8 Å². The SMILES string of the molecule is Cc1nc(C#N)cnc1[C@@H](C)NC(=O)C(F)(F)c1c(C)c2cc(F)ccc2[nH]c1=O. The molecular weight excluding hydrogens is 399 g/mol. The fourth-order valence-corrected chi connectivity index (χ4v) is 3.24. The molecule has 0 saturated carbocycles. The quantitative estimate of drug-likeness (QED) is 0.681. The topological polar surface area (TPSA) is 112 Å². The van der Waals surface area contributed by atoms with Crippen LogP contribution in [0.3, 0.4) is 0 Å². The van der Waals surface area contributed by atoms with Crippen molar-refractivity contribution in [3.63, 3.8) is 0 Å². The molecule has 7 nitrogen and oxygen atoms in total. The van der Waals surface area contributed by atoms with E-state index in [1.165, 1.54) is 26.8 Å². The second-order valence-corrected chi connectivity index (χ2v) is 6.75. The molecule has 154 valence electrons. The van der Waals surface area contributed by atoms with Crippen molar-refractivity contribution in [1.82, 2.24) is 20.3 Å². The molecule has 0 fully saturated rings. The lowest BCUT2D eigenvalue weighted by molar-refractivity contribution is -0.148. The number of carbonyl (C=O) groups is 1. The van der Waals surface area contributed by atoms with Crippen molar-refractivity contribution >= 4 is 16.8 Å². The molecule has 0 aliphatic carbocycles. The first-order chi connectivity index (χ1) is 14.1. The van der Waals surface area contributed by atoms with Gasteiger partial charge >= 0.3 is 5.92 Å². The number of H-pyrrole nitrogens is 1. The molecule has 30 heavy (non-hydrogen) atoms. The van der Waals surface area contributed by atoms with Crippen LogP contribution in [-0.4, -0.2) is 20.9 Å². The van der Waals surface area contributed by atoms with E-state index in [1.54, 1.807) is 6.07 Å². The Bertz CT molecular complexity index is 1260. The van der Waals surface area contributed by atoms with E-state index in [2.05, 4.69) is 20.3 Å². The van der Waals surface area contributed by atoms with Crippen LogP contribution < -0.4 is 10.9 Å². The summed E-state index contributed by atoms with van der Waals surface area (Å²) in [5.41, 5.74) is -1.69. The van der Waals surface area contributed by atoms with Crippen molar-refractivity contribution in [2.24, 2.45) is 0 Å². The van der Waals surface area contributed by atoms with Crippen LogP contribution >= 0.6 is 0 Å². The van der Waals surface area contributed by atoms with Gasteiger partial charge in [0.2, 0.25) is 0 Å². The van der Waals surface area contributed by atoms with Gasteiger partial charge in [-0.25, -0.2) is 9.37 Å². The van der Waals surface area contributed by atoms with Gasteiger partial charge in [-0.1, -0.05) is 0 Å². The molecule has 2 aromatic heterocycles. The second-order valence-electron chi connectivity index (χ2n) is 6.75. The van der Waals surface area contributed by atoms with Gasteiger partial charge in [-0.15, -0.1) is 0 Å². The van der Waals surface area contributed by atoms with Crippen LogP contribution in [0.4, 0.5) is 13.2 Å². The molecule has 3 aromatic rings. The van der Waals surface area contributed by atoms with Crippen molar-refractivity contribution in [1.29, 1.82) is 5.26 Å². The predicted molar refractivity (Wildman–Crippen MR) is 101 cm³/mol. The molecule has 0 bridgehead atoms. The highest BCUT2D eigenvalue weighted by Crippen LogP contribution is 2.32. The number of aromatic amines is 1. The number of benzene rings is 1. The molecule has 0 spiro atoms. The minimum Gasteiger partial charge on any atom is -0.342 e. The van der Waals surface area contributed by atoms with Crippen LogP contribution in [-0.2, 0) is 10.7 Å². The number of hydrogen-bond donors (Lipinski definition) is 2. The summed E-state index contributed by atoms with van der Waals surface area (Å²) in [6.07, 6.45) is 1.16. The van der Waals surface area contributed by atoms with Gasteiger partial charge < -0.3 is 10.3 Å². The van der Waals surface area contributed by atoms with Gasteiger partial charge in [-0.3, -0.25) is 14.6 Å². The second kappa shape index (κ2) is 7.59. The van der Waals surface area contributed by atoms with Gasteiger partial charge in [0, 0.05) is 10.9 Å². The van der Waals surface area contributed by atoms with Crippen molar-refractivity contribution in [3.8, 4) is 6.07 Å². The minimum absolute atomic E-state index is 0.0469. The highest BCUT2D eigenvalue weighted by molar-refractivity contribution is 5.89. The number of fused-ring (bicyclic) bond motifs is 1. The van der Waals surface area contributed by atoms with E-state index in [-0.39, 0.29) is 27.9 Å². The molecule has 1 atom stereocenters. The number of hydrogen-bond acceptors (Lipinski definition) is 5. The van der Waals surface area contributed by atoms with Gasteiger partial charge in [0.05, 0.1) is 29.2 Å². The van der Waals surface area contributed by atoms with Crippen LogP contribution in [0.25, 0.3) is 10.9 Å². The molecule has 1 amide bonds. The first kappa shape index (κ1) is 21.0. The van der Waals surface area contributed by atoms with Gasteiger partial charge in [-0.2, -0.15) is 14.0 Å². The van der Waals surface area contributed by atoms with Gasteiger partial charge in [0.15, 0.2) is 5.69 Å². The van der Waals surface area contributed by atoms with Crippen LogP contribution in [0.15, 0.2) is 29.2 Å². The number of carbonyl (C=O) groups excluding carboxylic acids is 1. The summed E-state index contributed by atoms with van der Waals surface area (Å²) in [6.45, 7) is 4.17. The molecule has 10 heteroatoms. The van der Waals surface area contributed by atoms with Crippen LogP contribution in [0.5, 0.6) is 0 Å². The van der Waals surface area contributed by atoms with Crippen LogP contribution in [0, 0.1) is 31.0 Å².